The van der Waals surface area contributed by atoms with Gasteiger partial charge < -0.3 is 19.1 Å². The van der Waals surface area contributed by atoms with Gasteiger partial charge >= 0.3 is 5.97 Å². The van der Waals surface area contributed by atoms with Crippen molar-refractivity contribution in [3.63, 3.8) is 0 Å². The first kappa shape index (κ1) is 16.4. The zero-order chi connectivity index (χ0) is 16.3. The van der Waals surface area contributed by atoms with Crippen molar-refractivity contribution in [3.05, 3.63) is 17.7 Å². The van der Waals surface area contributed by atoms with Crippen molar-refractivity contribution in [1.29, 1.82) is 0 Å². The van der Waals surface area contributed by atoms with Crippen LogP contribution in [-0.4, -0.2) is 51.0 Å². The summed E-state index contributed by atoms with van der Waals surface area (Å²) in [4.78, 5) is 17.3. The number of piperidine rings is 1. The Morgan fingerprint density at radius 1 is 1.23 bits per heavy atom. The van der Waals surface area contributed by atoms with Gasteiger partial charge in [-0.3, -0.25) is 0 Å². The molecule has 1 aliphatic heterocycles. The second-order valence-electron chi connectivity index (χ2n) is 4.96. The van der Waals surface area contributed by atoms with Crippen LogP contribution in [0.5, 0.6) is 5.88 Å². The van der Waals surface area contributed by atoms with E-state index in [1.807, 2.05) is 0 Å². The summed E-state index contributed by atoms with van der Waals surface area (Å²) in [6.07, 6.45) is 0.633. The number of carbonyl (C=O) groups excluding carboxylic acids is 1. The number of rotatable bonds is 4. The van der Waals surface area contributed by atoms with E-state index in [-0.39, 0.29) is 11.7 Å². The molecular weight excluding hydrogens is 298 g/mol. The lowest BCUT2D eigenvalue weighted by molar-refractivity contribution is -0.168. The lowest BCUT2D eigenvalue weighted by Gasteiger charge is -2.39. The van der Waals surface area contributed by atoms with Gasteiger partial charge in [-0.05, 0) is 0 Å². The van der Waals surface area contributed by atoms with Crippen molar-refractivity contribution < 1.29 is 27.8 Å². The lowest BCUT2D eigenvalue weighted by atomic mass is 9.91. The molecule has 1 aromatic rings. The predicted molar refractivity (Wildman–Crippen MR) is 73.9 cm³/mol. The zero-order valence-electron chi connectivity index (χ0n) is 12.7. The van der Waals surface area contributed by atoms with Crippen LogP contribution < -0.4 is 9.64 Å². The average molecular weight is 316 g/mol. The number of hydrogen-bond donors (Lipinski definition) is 0. The first-order chi connectivity index (χ1) is 10.5. The van der Waals surface area contributed by atoms with E-state index < -0.39 is 23.2 Å². The summed E-state index contributed by atoms with van der Waals surface area (Å²) in [7, 11) is 3.99. The summed E-state index contributed by atoms with van der Waals surface area (Å²) in [5.41, 5.74) is -1.04. The Morgan fingerprint density at radius 3 is 2.36 bits per heavy atom. The van der Waals surface area contributed by atoms with Crippen LogP contribution in [0, 0.1) is 11.6 Å². The molecule has 2 rings (SSSR count). The molecule has 0 aliphatic carbocycles. The lowest BCUT2D eigenvalue weighted by Crippen LogP contribution is -2.51. The Balaban J connectivity index is 2.20. The minimum Gasteiger partial charge on any atom is -0.479 e. The van der Waals surface area contributed by atoms with Gasteiger partial charge in [0.15, 0.2) is 23.1 Å². The van der Waals surface area contributed by atoms with E-state index >= 15 is 0 Å². The SMILES string of the molecule is COC(=O)C1(OC)CCN(c2nc(OC)c(F)cc2F)CC1. The summed E-state index contributed by atoms with van der Waals surface area (Å²) in [5, 5.41) is 0. The second kappa shape index (κ2) is 6.43. The van der Waals surface area contributed by atoms with Crippen LogP contribution in [0.25, 0.3) is 0 Å². The fraction of sp³-hybridized carbons (Fsp3) is 0.571. The van der Waals surface area contributed by atoms with Crippen molar-refractivity contribution in [1.82, 2.24) is 4.98 Å². The van der Waals surface area contributed by atoms with Gasteiger partial charge in [-0.15, -0.1) is 0 Å². The van der Waals surface area contributed by atoms with Gasteiger partial charge in [0.1, 0.15) is 0 Å². The minimum atomic E-state index is -1.04. The molecule has 1 saturated heterocycles. The maximum absolute atomic E-state index is 13.9. The molecule has 0 atom stereocenters. The number of halogens is 2. The molecule has 0 saturated carbocycles. The van der Waals surface area contributed by atoms with E-state index in [4.69, 9.17) is 14.2 Å². The maximum Gasteiger partial charge on any atom is 0.338 e. The number of hydrogen-bond acceptors (Lipinski definition) is 6. The van der Waals surface area contributed by atoms with Crippen LogP contribution in [0.2, 0.25) is 0 Å². The Kier molecular flexibility index (Phi) is 4.80. The van der Waals surface area contributed by atoms with Gasteiger partial charge in [-0.25, -0.2) is 13.6 Å². The Hall–Kier alpha value is -1.96. The number of esters is 1. The molecule has 0 N–H and O–H groups in total. The minimum absolute atomic E-state index is 0.00665. The highest BCUT2D eigenvalue weighted by Crippen LogP contribution is 2.31. The number of ether oxygens (including phenoxy) is 3. The Labute approximate surface area is 127 Å². The first-order valence-corrected chi connectivity index (χ1v) is 6.76. The van der Waals surface area contributed by atoms with Crippen molar-refractivity contribution in [2.45, 2.75) is 18.4 Å². The molecule has 0 aromatic carbocycles. The average Bonchev–Trinajstić information content (AvgIpc) is 2.54. The fourth-order valence-electron chi connectivity index (χ4n) is 2.56. The van der Waals surface area contributed by atoms with Crippen LogP contribution in [0.4, 0.5) is 14.6 Å². The van der Waals surface area contributed by atoms with E-state index in [0.717, 1.165) is 6.07 Å². The number of methoxy groups -OCH3 is 3. The van der Waals surface area contributed by atoms with E-state index in [1.165, 1.54) is 21.3 Å². The molecule has 2 heterocycles. The summed E-state index contributed by atoms with van der Waals surface area (Å²) in [5.74, 6) is -2.37. The molecule has 0 bridgehead atoms. The molecule has 1 aromatic heterocycles. The van der Waals surface area contributed by atoms with Gasteiger partial charge in [-0.2, -0.15) is 4.98 Å². The third-order valence-electron chi connectivity index (χ3n) is 3.89. The number of carbonyl (C=O) groups is 1. The molecule has 1 aliphatic rings. The number of aromatic nitrogens is 1. The second-order valence-corrected chi connectivity index (χ2v) is 4.96. The van der Waals surface area contributed by atoms with E-state index in [0.29, 0.717) is 25.9 Å². The van der Waals surface area contributed by atoms with Crippen LogP contribution >= 0.6 is 0 Å². The van der Waals surface area contributed by atoms with Crippen molar-refractivity contribution in [2.24, 2.45) is 0 Å². The number of nitrogens with zero attached hydrogens (tertiary/aromatic N) is 2. The fourth-order valence-corrected chi connectivity index (χ4v) is 2.56. The van der Waals surface area contributed by atoms with Crippen LogP contribution in [0.3, 0.4) is 0 Å². The summed E-state index contributed by atoms with van der Waals surface area (Å²) >= 11 is 0. The molecule has 0 radical (unpaired) electrons. The van der Waals surface area contributed by atoms with Gasteiger partial charge in [0.05, 0.1) is 14.2 Å². The number of anilines is 1. The first-order valence-electron chi connectivity index (χ1n) is 6.76. The van der Waals surface area contributed by atoms with Gasteiger partial charge in [0, 0.05) is 39.1 Å². The van der Waals surface area contributed by atoms with Crippen molar-refractivity contribution in [2.75, 3.05) is 39.3 Å². The molecule has 1 fully saturated rings. The third-order valence-corrected chi connectivity index (χ3v) is 3.89. The smallest absolute Gasteiger partial charge is 0.338 e. The standard InChI is InChI=1S/C14H18F2N2O4/c1-20-12-10(16)8-9(15)11(17-12)18-6-4-14(22-3,5-7-18)13(19)21-2/h8H,4-7H2,1-3H3. The van der Waals surface area contributed by atoms with E-state index in [2.05, 4.69) is 4.98 Å². The highest BCUT2D eigenvalue weighted by Gasteiger charge is 2.43. The van der Waals surface area contributed by atoms with Gasteiger partial charge in [-0.1, -0.05) is 0 Å². The Bertz CT molecular complexity index is 560. The summed E-state index contributed by atoms with van der Waals surface area (Å²) < 4.78 is 42.2. The highest BCUT2D eigenvalue weighted by atomic mass is 19.1. The predicted octanol–water partition coefficient (Wildman–Crippen LogP) is 1.53. The maximum atomic E-state index is 13.9. The van der Waals surface area contributed by atoms with E-state index in [1.54, 1.807) is 4.90 Å². The Morgan fingerprint density at radius 2 is 1.86 bits per heavy atom. The van der Waals surface area contributed by atoms with Gasteiger partial charge in [0.25, 0.3) is 5.88 Å². The highest BCUT2D eigenvalue weighted by molar-refractivity contribution is 5.80. The topological polar surface area (TPSA) is 60.9 Å². The largest absolute Gasteiger partial charge is 0.479 e. The van der Waals surface area contributed by atoms with Crippen molar-refractivity contribution in [3.8, 4) is 5.88 Å². The molecule has 0 spiro atoms. The molecule has 0 unspecified atom stereocenters. The van der Waals surface area contributed by atoms with Crippen molar-refractivity contribution >= 4 is 11.8 Å². The molecule has 0 amide bonds. The normalized spacial score (nSPS) is 17.2. The quantitative estimate of drug-likeness (QED) is 0.785. The third kappa shape index (κ3) is 2.83. The summed E-state index contributed by atoms with van der Waals surface area (Å²) in [6.45, 7) is 0.642. The molecule has 6 nitrogen and oxygen atoms in total. The summed E-state index contributed by atoms with van der Waals surface area (Å²) in [6, 6.07) is 0.736. The van der Waals surface area contributed by atoms with Crippen LogP contribution in [0.15, 0.2) is 6.07 Å². The number of pyridine rings is 1. The van der Waals surface area contributed by atoms with E-state index in [9.17, 15) is 13.6 Å². The van der Waals surface area contributed by atoms with Crippen LogP contribution in [-0.2, 0) is 14.3 Å². The molecular formula is C14H18F2N2O4. The zero-order valence-corrected chi connectivity index (χ0v) is 12.7. The molecule has 22 heavy (non-hydrogen) atoms. The molecule has 8 heteroatoms. The monoisotopic (exact) mass is 316 g/mol. The van der Waals surface area contributed by atoms with Gasteiger partial charge in [0.2, 0.25) is 0 Å². The molecule has 122 valence electrons. The van der Waals surface area contributed by atoms with Crippen LogP contribution in [0.1, 0.15) is 12.8 Å².